The Morgan fingerprint density at radius 2 is 2.11 bits per heavy atom. The van der Waals surface area contributed by atoms with E-state index in [9.17, 15) is 4.79 Å². The van der Waals surface area contributed by atoms with Crippen LogP contribution in [0.3, 0.4) is 0 Å². The number of carbonyl (C=O) groups is 1. The predicted octanol–water partition coefficient (Wildman–Crippen LogP) is 2.42. The lowest BCUT2D eigenvalue weighted by molar-refractivity contribution is 0.0104. The molecule has 5 nitrogen and oxygen atoms in total. The van der Waals surface area contributed by atoms with Gasteiger partial charge in [0.1, 0.15) is 11.4 Å². The highest BCUT2D eigenvalue weighted by Crippen LogP contribution is 2.17. The van der Waals surface area contributed by atoms with E-state index >= 15 is 0 Å². The first-order valence-corrected chi connectivity index (χ1v) is 6.51. The molecule has 1 saturated heterocycles. The topological polar surface area (TPSA) is 54.5 Å². The van der Waals surface area contributed by atoms with Gasteiger partial charge in [-0.1, -0.05) is 6.07 Å². The molecule has 1 N–H and O–H groups in total. The van der Waals surface area contributed by atoms with Crippen LogP contribution in [0.15, 0.2) is 18.2 Å². The van der Waals surface area contributed by atoms with E-state index in [1.807, 2.05) is 45.9 Å². The lowest BCUT2D eigenvalue weighted by Gasteiger charge is -2.40. The van der Waals surface area contributed by atoms with Gasteiger partial charge in [0.15, 0.2) is 0 Å². The fraction of sp³-hybridized carbons (Fsp3) is 0.571. The van der Waals surface area contributed by atoms with Gasteiger partial charge in [0, 0.05) is 18.8 Å². The van der Waals surface area contributed by atoms with Gasteiger partial charge < -0.3 is 15.0 Å². The van der Waals surface area contributed by atoms with E-state index in [1.165, 1.54) is 0 Å². The van der Waals surface area contributed by atoms with Crippen molar-refractivity contribution in [1.29, 1.82) is 0 Å². The van der Waals surface area contributed by atoms with E-state index in [-0.39, 0.29) is 12.1 Å². The van der Waals surface area contributed by atoms with Crippen molar-refractivity contribution in [3.05, 3.63) is 23.9 Å². The van der Waals surface area contributed by atoms with Crippen molar-refractivity contribution in [3.8, 4) is 0 Å². The average Bonchev–Trinajstić information content (AvgIpc) is 2.20. The van der Waals surface area contributed by atoms with Gasteiger partial charge in [0.25, 0.3) is 0 Å². The molecule has 19 heavy (non-hydrogen) atoms. The summed E-state index contributed by atoms with van der Waals surface area (Å²) in [6.07, 6.45) is -0.247. The van der Waals surface area contributed by atoms with Gasteiger partial charge in [-0.2, -0.15) is 0 Å². The van der Waals surface area contributed by atoms with Gasteiger partial charge in [-0.25, -0.2) is 9.78 Å². The normalized spacial score (nSPS) is 15.9. The Bertz CT molecular complexity index is 462. The number of nitrogens with one attached hydrogen (secondary N) is 1. The Hall–Kier alpha value is -1.78. The quantitative estimate of drug-likeness (QED) is 0.890. The molecule has 2 rings (SSSR count). The number of nitrogens with zero attached hydrogens (tertiary/aromatic N) is 2. The molecule has 1 aromatic rings. The maximum absolute atomic E-state index is 11.8. The highest BCUT2D eigenvalue weighted by Gasteiger charge is 2.33. The van der Waals surface area contributed by atoms with Gasteiger partial charge >= 0.3 is 6.09 Å². The SMILES string of the molecule is Cc1cccc(NC2CN(C(=O)OC(C)(C)C)C2)n1. The van der Waals surface area contributed by atoms with E-state index in [0.717, 1.165) is 11.5 Å². The summed E-state index contributed by atoms with van der Waals surface area (Å²) in [4.78, 5) is 17.8. The first kappa shape index (κ1) is 13.6. The molecule has 1 aliphatic heterocycles. The minimum absolute atomic E-state index is 0.247. The molecule has 0 unspecified atom stereocenters. The van der Waals surface area contributed by atoms with Crippen LogP contribution in [0.1, 0.15) is 26.5 Å². The molecule has 0 atom stereocenters. The van der Waals surface area contributed by atoms with Crippen LogP contribution in [0.2, 0.25) is 0 Å². The third-order valence-electron chi connectivity index (χ3n) is 2.77. The summed E-state index contributed by atoms with van der Waals surface area (Å²) < 4.78 is 5.30. The lowest BCUT2D eigenvalue weighted by atomic mass is 10.1. The van der Waals surface area contributed by atoms with E-state index < -0.39 is 5.60 Å². The molecule has 5 heteroatoms. The van der Waals surface area contributed by atoms with E-state index in [1.54, 1.807) is 4.90 Å². The molecule has 104 valence electrons. The maximum atomic E-state index is 11.8. The molecule has 0 bridgehead atoms. The molecule has 1 fully saturated rings. The number of likely N-dealkylation sites (tertiary alicyclic amines) is 1. The van der Waals surface area contributed by atoms with Gasteiger partial charge in [0.2, 0.25) is 0 Å². The van der Waals surface area contributed by atoms with Crippen molar-refractivity contribution in [3.63, 3.8) is 0 Å². The number of hydrogen-bond acceptors (Lipinski definition) is 4. The third kappa shape index (κ3) is 3.84. The molecule has 0 aromatic carbocycles. The second-order valence-corrected chi connectivity index (χ2v) is 5.89. The van der Waals surface area contributed by atoms with Gasteiger partial charge in [-0.3, -0.25) is 0 Å². The van der Waals surface area contributed by atoms with Crippen LogP contribution in [0.25, 0.3) is 0 Å². The molecular weight excluding hydrogens is 242 g/mol. The molecule has 2 heterocycles. The zero-order chi connectivity index (χ0) is 14.0. The minimum atomic E-state index is -0.437. The van der Waals surface area contributed by atoms with Crippen LogP contribution in [0.5, 0.6) is 0 Å². The standard InChI is InChI=1S/C14H21N3O2/c1-10-6-5-7-12(15-10)16-11-8-17(9-11)13(18)19-14(2,3)4/h5-7,11H,8-9H2,1-4H3,(H,15,16). The monoisotopic (exact) mass is 263 g/mol. The number of pyridine rings is 1. The minimum Gasteiger partial charge on any atom is -0.444 e. The van der Waals surface area contributed by atoms with Gasteiger partial charge in [-0.05, 0) is 39.8 Å². The number of aromatic nitrogens is 1. The van der Waals surface area contributed by atoms with Crippen molar-refractivity contribution in [1.82, 2.24) is 9.88 Å². The Morgan fingerprint density at radius 1 is 1.42 bits per heavy atom. The van der Waals surface area contributed by atoms with E-state index in [0.29, 0.717) is 13.1 Å². The summed E-state index contributed by atoms with van der Waals surface area (Å²) >= 11 is 0. The zero-order valence-electron chi connectivity index (χ0n) is 11.9. The first-order chi connectivity index (χ1) is 8.83. The number of carbonyl (C=O) groups excluding carboxylic acids is 1. The van der Waals surface area contributed by atoms with E-state index in [2.05, 4.69) is 10.3 Å². The summed E-state index contributed by atoms with van der Waals surface area (Å²) in [5.74, 6) is 0.855. The Labute approximate surface area is 114 Å². The Balaban J connectivity index is 1.79. The van der Waals surface area contributed by atoms with Crippen molar-refractivity contribution < 1.29 is 9.53 Å². The number of amides is 1. The third-order valence-corrected chi connectivity index (χ3v) is 2.77. The van der Waals surface area contributed by atoms with Crippen molar-refractivity contribution in [2.24, 2.45) is 0 Å². The highest BCUT2D eigenvalue weighted by molar-refractivity contribution is 5.69. The van der Waals surface area contributed by atoms with Crippen molar-refractivity contribution in [2.75, 3.05) is 18.4 Å². The summed E-state index contributed by atoms with van der Waals surface area (Å²) in [7, 11) is 0. The fourth-order valence-electron chi connectivity index (χ4n) is 1.88. The maximum Gasteiger partial charge on any atom is 0.410 e. The Kier molecular flexibility index (Phi) is 3.64. The molecular formula is C14H21N3O2. The Morgan fingerprint density at radius 3 is 2.68 bits per heavy atom. The zero-order valence-corrected chi connectivity index (χ0v) is 11.9. The number of hydrogen-bond donors (Lipinski definition) is 1. The molecule has 1 amide bonds. The van der Waals surface area contributed by atoms with Gasteiger partial charge in [0.05, 0.1) is 6.04 Å². The second-order valence-electron chi connectivity index (χ2n) is 5.89. The van der Waals surface area contributed by atoms with Crippen molar-refractivity contribution >= 4 is 11.9 Å². The molecule has 0 radical (unpaired) electrons. The summed E-state index contributed by atoms with van der Waals surface area (Å²) in [5.41, 5.74) is 0.543. The summed E-state index contributed by atoms with van der Waals surface area (Å²) in [5, 5.41) is 3.31. The highest BCUT2D eigenvalue weighted by atomic mass is 16.6. The molecule has 1 aromatic heterocycles. The van der Waals surface area contributed by atoms with Crippen LogP contribution in [0, 0.1) is 6.92 Å². The predicted molar refractivity (Wildman–Crippen MR) is 74.2 cm³/mol. The molecule has 0 aliphatic carbocycles. The average molecular weight is 263 g/mol. The summed E-state index contributed by atoms with van der Waals surface area (Å²) in [6.45, 7) is 8.89. The van der Waals surface area contributed by atoms with Crippen molar-refractivity contribution in [2.45, 2.75) is 39.3 Å². The number of ether oxygens (including phenoxy) is 1. The van der Waals surface area contributed by atoms with E-state index in [4.69, 9.17) is 4.74 Å². The fourth-order valence-corrected chi connectivity index (χ4v) is 1.88. The number of anilines is 1. The largest absolute Gasteiger partial charge is 0.444 e. The van der Waals surface area contributed by atoms with Crippen LogP contribution in [0.4, 0.5) is 10.6 Å². The number of rotatable bonds is 2. The second kappa shape index (κ2) is 5.07. The van der Waals surface area contributed by atoms with Crippen LogP contribution in [-0.2, 0) is 4.74 Å². The number of aryl methyl sites for hydroxylation is 1. The van der Waals surface area contributed by atoms with Crippen LogP contribution < -0.4 is 5.32 Å². The molecule has 1 aliphatic rings. The lowest BCUT2D eigenvalue weighted by Crippen LogP contribution is -2.58. The summed E-state index contributed by atoms with van der Waals surface area (Å²) in [6, 6.07) is 6.11. The molecule has 0 saturated carbocycles. The van der Waals surface area contributed by atoms with Crippen LogP contribution in [-0.4, -0.2) is 40.7 Å². The smallest absolute Gasteiger partial charge is 0.410 e. The van der Waals surface area contributed by atoms with Crippen LogP contribution >= 0.6 is 0 Å². The molecule has 0 spiro atoms. The van der Waals surface area contributed by atoms with Gasteiger partial charge in [-0.15, -0.1) is 0 Å². The first-order valence-electron chi connectivity index (χ1n) is 6.51.